The van der Waals surface area contributed by atoms with Crippen molar-refractivity contribution in [3.8, 4) is 5.75 Å². The number of rotatable bonds is 5. The lowest BCUT2D eigenvalue weighted by Gasteiger charge is -2.23. The molecule has 0 unspecified atom stereocenters. The van der Waals surface area contributed by atoms with Gasteiger partial charge in [-0.2, -0.15) is 5.10 Å². The summed E-state index contributed by atoms with van der Waals surface area (Å²) in [6, 6.07) is 5.93. The first-order valence-electron chi connectivity index (χ1n) is 10.3. The molecule has 1 amide bonds. The number of carbonyl (C=O) groups is 1. The average molecular weight is 394 g/mol. The molecule has 1 aliphatic carbocycles. The highest BCUT2D eigenvalue weighted by Gasteiger charge is 2.26. The maximum absolute atomic E-state index is 12.0. The van der Waals surface area contributed by atoms with Crippen molar-refractivity contribution in [1.82, 2.24) is 9.78 Å². The quantitative estimate of drug-likeness (QED) is 0.672. The summed E-state index contributed by atoms with van der Waals surface area (Å²) in [6.07, 6.45) is 7.52. The second-order valence-electron chi connectivity index (χ2n) is 8.15. The van der Waals surface area contributed by atoms with Crippen molar-refractivity contribution in [1.29, 1.82) is 0 Å². The Morgan fingerprint density at radius 3 is 2.79 bits per heavy atom. The van der Waals surface area contributed by atoms with Crippen molar-refractivity contribution in [2.75, 3.05) is 5.32 Å². The fourth-order valence-corrected chi connectivity index (χ4v) is 4.18. The molecule has 2 heterocycles. The Morgan fingerprint density at radius 2 is 2.10 bits per heavy atom. The molecule has 1 aromatic heterocycles. The number of amides is 1. The van der Waals surface area contributed by atoms with Gasteiger partial charge in [0.25, 0.3) is 5.91 Å². The summed E-state index contributed by atoms with van der Waals surface area (Å²) >= 11 is 0. The Bertz CT molecular complexity index is 947. The molecule has 0 bridgehead atoms. The molecule has 0 atom stereocenters. The molecule has 29 heavy (non-hydrogen) atoms. The van der Waals surface area contributed by atoms with Crippen LogP contribution in [0.25, 0.3) is 5.57 Å². The molecule has 8 heteroatoms. The molecule has 1 fully saturated rings. The number of primary amides is 1. The minimum Gasteiger partial charge on any atom is -0.532 e. The van der Waals surface area contributed by atoms with Gasteiger partial charge >= 0.3 is 7.12 Å². The van der Waals surface area contributed by atoms with Gasteiger partial charge in [-0.25, -0.2) is 0 Å². The minimum atomic E-state index is -0.939. The second-order valence-corrected chi connectivity index (χ2v) is 8.15. The number of allylic oxidation sites excluding steroid dienone is 1. The Morgan fingerprint density at radius 1 is 1.34 bits per heavy atom. The molecule has 4 N–H and O–H groups in total. The first-order chi connectivity index (χ1) is 13.9. The van der Waals surface area contributed by atoms with Gasteiger partial charge in [0, 0.05) is 17.4 Å². The van der Waals surface area contributed by atoms with Crippen molar-refractivity contribution < 1.29 is 14.5 Å². The zero-order valence-corrected chi connectivity index (χ0v) is 16.9. The van der Waals surface area contributed by atoms with Crippen LogP contribution in [0.4, 0.5) is 11.5 Å². The zero-order chi connectivity index (χ0) is 20.5. The van der Waals surface area contributed by atoms with Gasteiger partial charge in [-0.05, 0) is 48.5 Å². The molecular formula is C21H27BN4O3. The Kier molecular flexibility index (Phi) is 5.36. The minimum absolute atomic E-state index is 0.231. The van der Waals surface area contributed by atoms with E-state index in [-0.39, 0.29) is 5.92 Å². The molecule has 2 aliphatic rings. The summed E-state index contributed by atoms with van der Waals surface area (Å²) in [5, 5.41) is 17.8. The number of nitrogens with two attached hydrogens (primary N) is 1. The number of aromatic nitrogens is 2. The number of hydrogen-bond acceptors (Lipinski definition) is 5. The zero-order valence-electron chi connectivity index (χ0n) is 16.9. The highest BCUT2D eigenvalue weighted by molar-refractivity contribution is 6.52. The van der Waals surface area contributed by atoms with Gasteiger partial charge in [0.2, 0.25) is 0 Å². The van der Waals surface area contributed by atoms with Gasteiger partial charge in [-0.3, -0.25) is 9.48 Å². The van der Waals surface area contributed by atoms with E-state index in [2.05, 4.69) is 24.3 Å². The number of anilines is 2. The fourth-order valence-electron chi connectivity index (χ4n) is 4.18. The third-order valence-corrected chi connectivity index (χ3v) is 5.69. The second kappa shape index (κ2) is 7.95. The van der Waals surface area contributed by atoms with Crippen LogP contribution >= 0.6 is 0 Å². The summed E-state index contributed by atoms with van der Waals surface area (Å²) in [5.41, 5.74) is 8.72. The summed E-state index contributed by atoms with van der Waals surface area (Å²) in [5.74, 6) is 2.56. The third kappa shape index (κ3) is 4.03. The summed E-state index contributed by atoms with van der Waals surface area (Å²) in [4.78, 5) is 12.0. The summed E-state index contributed by atoms with van der Waals surface area (Å²) in [6.45, 7) is 4.15. The van der Waals surface area contributed by atoms with Gasteiger partial charge in [-0.1, -0.05) is 33.1 Å². The molecule has 2 aromatic rings. The van der Waals surface area contributed by atoms with Crippen LogP contribution in [0.1, 0.15) is 67.9 Å². The lowest BCUT2D eigenvalue weighted by Crippen LogP contribution is -2.24. The maximum Gasteiger partial charge on any atom is 0.552 e. The monoisotopic (exact) mass is 394 g/mol. The van der Waals surface area contributed by atoms with Gasteiger partial charge in [0.15, 0.2) is 5.82 Å². The number of fused-ring (bicyclic) bond motifs is 1. The number of nitrogens with zero attached hydrogens (tertiary/aromatic N) is 2. The van der Waals surface area contributed by atoms with Gasteiger partial charge < -0.3 is 20.7 Å². The predicted octanol–water partition coefficient (Wildman–Crippen LogP) is 3.68. The summed E-state index contributed by atoms with van der Waals surface area (Å²) in [7, 11) is -0.939. The molecule has 1 aliphatic heterocycles. The van der Waals surface area contributed by atoms with Crippen LogP contribution < -0.4 is 15.7 Å². The molecular weight excluding hydrogens is 367 g/mol. The molecule has 1 aromatic carbocycles. The Balaban J connectivity index is 1.65. The number of benzene rings is 1. The molecule has 0 spiro atoms. The number of nitrogens with one attached hydrogen (secondary N) is 1. The van der Waals surface area contributed by atoms with Crippen molar-refractivity contribution in [2.24, 2.45) is 11.7 Å². The molecule has 152 valence electrons. The van der Waals surface area contributed by atoms with E-state index in [9.17, 15) is 9.82 Å². The van der Waals surface area contributed by atoms with Gasteiger partial charge in [0.05, 0.1) is 6.04 Å². The lowest BCUT2D eigenvalue weighted by atomic mass is 9.78. The molecule has 0 radical (unpaired) electrons. The number of carbonyl (C=O) groups excluding carboxylic acids is 1. The SMILES string of the molecule is CC(C)C1=CB(O)Oc2ccc(Nc3nn(C4CCCCC4)cc3C(N)=O)cc21. The fraction of sp³-hybridized carbons (Fsp3) is 0.429. The van der Waals surface area contributed by atoms with Crippen LogP contribution in [0.2, 0.25) is 0 Å². The largest absolute Gasteiger partial charge is 0.552 e. The van der Waals surface area contributed by atoms with E-state index < -0.39 is 13.0 Å². The van der Waals surface area contributed by atoms with E-state index in [1.165, 1.54) is 19.3 Å². The van der Waals surface area contributed by atoms with E-state index in [1.54, 1.807) is 12.2 Å². The van der Waals surface area contributed by atoms with E-state index in [4.69, 9.17) is 10.4 Å². The van der Waals surface area contributed by atoms with Crippen molar-refractivity contribution in [3.05, 3.63) is 41.5 Å². The molecule has 4 rings (SSSR count). The first-order valence-corrected chi connectivity index (χ1v) is 10.3. The maximum atomic E-state index is 12.0. The third-order valence-electron chi connectivity index (χ3n) is 5.69. The average Bonchev–Trinajstić information content (AvgIpc) is 3.12. The van der Waals surface area contributed by atoms with E-state index >= 15 is 0 Å². The van der Waals surface area contributed by atoms with Crippen LogP contribution in [-0.4, -0.2) is 27.8 Å². The van der Waals surface area contributed by atoms with Crippen molar-refractivity contribution in [3.63, 3.8) is 0 Å². The van der Waals surface area contributed by atoms with E-state index in [0.29, 0.717) is 23.2 Å². The van der Waals surface area contributed by atoms with Crippen molar-refractivity contribution >= 4 is 30.1 Å². The predicted molar refractivity (Wildman–Crippen MR) is 114 cm³/mol. The van der Waals surface area contributed by atoms with Crippen LogP contribution in [0.15, 0.2) is 30.4 Å². The lowest BCUT2D eigenvalue weighted by molar-refractivity contribution is 0.100. The first kappa shape index (κ1) is 19.6. The van der Waals surface area contributed by atoms with Crippen molar-refractivity contribution in [2.45, 2.75) is 52.0 Å². The highest BCUT2D eigenvalue weighted by Crippen LogP contribution is 2.37. The Hall–Kier alpha value is -2.74. The smallest absolute Gasteiger partial charge is 0.532 e. The molecule has 1 saturated carbocycles. The molecule has 7 nitrogen and oxygen atoms in total. The van der Waals surface area contributed by atoms with Crippen LogP contribution in [0.5, 0.6) is 5.75 Å². The topological polar surface area (TPSA) is 102 Å². The molecule has 0 saturated heterocycles. The van der Waals surface area contributed by atoms with Gasteiger partial charge in [-0.15, -0.1) is 0 Å². The Labute approximate surface area is 171 Å². The highest BCUT2D eigenvalue weighted by atomic mass is 16.5. The number of hydrogen-bond donors (Lipinski definition) is 3. The van der Waals surface area contributed by atoms with E-state index in [1.807, 2.05) is 22.9 Å². The van der Waals surface area contributed by atoms with E-state index in [0.717, 1.165) is 29.7 Å². The standard InChI is InChI=1S/C21H27BN4O3/c1-13(2)17-11-22(28)29-19-9-8-14(10-16(17)19)24-21-18(20(23)27)12-26(25-21)15-6-4-3-5-7-15/h8-13,15,28H,3-7H2,1-2H3,(H2,23,27)(H,24,25). The van der Waals surface area contributed by atoms with Crippen LogP contribution in [0.3, 0.4) is 0 Å². The normalized spacial score (nSPS) is 17.0. The summed E-state index contributed by atoms with van der Waals surface area (Å²) < 4.78 is 7.41. The van der Waals surface area contributed by atoms with Gasteiger partial charge in [0.1, 0.15) is 11.3 Å². The van der Waals surface area contributed by atoms with Crippen LogP contribution in [0, 0.1) is 5.92 Å². The van der Waals surface area contributed by atoms with Crippen LogP contribution in [-0.2, 0) is 0 Å².